The van der Waals surface area contributed by atoms with Crippen LogP contribution in [0.25, 0.3) is 0 Å². The zero-order chi connectivity index (χ0) is 15.1. The van der Waals surface area contributed by atoms with Gasteiger partial charge in [0.15, 0.2) is 0 Å². The molecule has 21 heavy (non-hydrogen) atoms. The summed E-state index contributed by atoms with van der Waals surface area (Å²) in [6, 6.07) is 0.778. The molecule has 2 rings (SSSR count). The van der Waals surface area contributed by atoms with Crippen molar-refractivity contribution in [1.82, 2.24) is 14.9 Å². The van der Waals surface area contributed by atoms with Crippen molar-refractivity contribution in [2.24, 2.45) is 0 Å². The number of aromatic nitrogens is 2. The lowest BCUT2D eigenvalue weighted by atomic mass is 10.2. The van der Waals surface area contributed by atoms with E-state index in [1.807, 2.05) is 13.1 Å². The summed E-state index contributed by atoms with van der Waals surface area (Å²) in [6.45, 7) is 7.09. The summed E-state index contributed by atoms with van der Waals surface area (Å²) in [7, 11) is 2.23. The van der Waals surface area contributed by atoms with Gasteiger partial charge in [-0.1, -0.05) is 19.8 Å². The molecule has 0 amide bonds. The van der Waals surface area contributed by atoms with Crippen LogP contribution in [0.1, 0.15) is 44.6 Å². The predicted molar refractivity (Wildman–Crippen MR) is 88.9 cm³/mol. The molecule has 5 nitrogen and oxygen atoms in total. The van der Waals surface area contributed by atoms with Crippen molar-refractivity contribution >= 4 is 11.8 Å². The maximum atomic E-state index is 4.55. The van der Waals surface area contributed by atoms with E-state index >= 15 is 0 Å². The van der Waals surface area contributed by atoms with Gasteiger partial charge in [0.2, 0.25) is 5.95 Å². The predicted octanol–water partition coefficient (Wildman–Crippen LogP) is 2.89. The van der Waals surface area contributed by atoms with Crippen LogP contribution in [0.15, 0.2) is 6.20 Å². The van der Waals surface area contributed by atoms with Gasteiger partial charge in [-0.05, 0) is 33.2 Å². The molecule has 5 heteroatoms. The third-order valence-corrected chi connectivity index (χ3v) is 4.21. The van der Waals surface area contributed by atoms with Crippen molar-refractivity contribution in [3.05, 3.63) is 11.8 Å². The van der Waals surface area contributed by atoms with Crippen LogP contribution < -0.4 is 10.6 Å². The van der Waals surface area contributed by atoms with Crippen molar-refractivity contribution in [2.45, 2.75) is 52.0 Å². The first-order valence-electron chi connectivity index (χ1n) is 8.22. The molecule has 0 bridgehead atoms. The fourth-order valence-corrected chi connectivity index (χ4v) is 2.82. The molecule has 0 aromatic carbocycles. The molecule has 1 aromatic rings. The minimum Gasteiger partial charge on any atom is -0.368 e. The molecule has 0 saturated heterocycles. The van der Waals surface area contributed by atoms with Gasteiger partial charge >= 0.3 is 0 Å². The van der Waals surface area contributed by atoms with E-state index in [0.717, 1.165) is 43.5 Å². The number of anilines is 2. The van der Waals surface area contributed by atoms with E-state index in [4.69, 9.17) is 0 Å². The highest BCUT2D eigenvalue weighted by molar-refractivity contribution is 5.46. The Balaban J connectivity index is 1.81. The Morgan fingerprint density at radius 2 is 2.00 bits per heavy atom. The highest BCUT2D eigenvalue weighted by Gasteiger charge is 2.18. The summed E-state index contributed by atoms with van der Waals surface area (Å²) in [5.41, 5.74) is 1.10. The Kier molecular flexibility index (Phi) is 6.23. The zero-order valence-electron chi connectivity index (χ0n) is 13.7. The second kappa shape index (κ2) is 8.17. The van der Waals surface area contributed by atoms with Gasteiger partial charge in [0.1, 0.15) is 5.82 Å². The van der Waals surface area contributed by atoms with Crippen LogP contribution in [0, 0.1) is 6.92 Å². The van der Waals surface area contributed by atoms with Gasteiger partial charge < -0.3 is 15.5 Å². The number of hydrogen-bond acceptors (Lipinski definition) is 5. The Morgan fingerprint density at radius 1 is 1.24 bits per heavy atom. The van der Waals surface area contributed by atoms with Crippen LogP contribution >= 0.6 is 0 Å². The molecule has 1 aliphatic rings. The summed E-state index contributed by atoms with van der Waals surface area (Å²) in [6.07, 6.45) is 8.45. The van der Waals surface area contributed by atoms with Gasteiger partial charge in [-0.3, -0.25) is 0 Å². The second-order valence-corrected chi connectivity index (χ2v) is 6.00. The average molecular weight is 291 g/mol. The molecular weight excluding hydrogens is 262 g/mol. The molecule has 1 heterocycles. The monoisotopic (exact) mass is 291 g/mol. The van der Waals surface area contributed by atoms with Crippen molar-refractivity contribution in [2.75, 3.05) is 37.3 Å². The first kappa shape index (κ1) is 16.0. The van der Waals surface area contributed by atoms with Crippen LogP contribution in [0.2, 0.25) is 0 Å². The normalized spacial score (nSPS) is 15.6. The molecule has 1 aliphatic carbocycles. The molecule has 2 N–H and O–H groups in total. The van der Waals surface area contributed by atoms with E-state index in [-0.39, 0.29) is 0 Å². The van der Waals surface area contributed by atoms with E-state index in [2.05, 4.69) is 39.5 Å². The largest absolute Gasteiger partial charge is 0.368 e. The smallest absolute Gasteiger partial charge is 0.224 e. The summed E-state index contributed by atoms with van der Waals surface area (Å²) in [5, 5.41) is 6.68. The standard InChI is InChI=1S/C16H29N5/c1-4-9-18-16-19-12-13(2)15(20-16)17-10-11-21(3)14-7-5-6-8-14/h12,14H,4-11H2,1-3H3,(H2,17,18,19,20). The highest BCUT2D eigenvalue weighted by atomic mass is 15.2. The Bertz CT molecular complexity index is 429. The molecule has 1 aromatic heterocycles. The Morgan fingerprint density at radius 3 is 2.71 bits per heavy atom. The SMILES string of the molecule is CCCNc1ncc(C)c(NCCN(C)C2CCCC2)n1. The summed E-state index contributed by atoms with van der Waals surface area (Å²) in [5.74, 6) is 1.66. The molecule has 1 fully saturated rings. The summed E-state index contributed by atoms with van der Waals surface area (Å²) >= 11 is 0. The molecule has 0 spiro atoms. The van der Waals surface area contributed by atoms with Crippen molar-refractivity contribution in [3.8, 4) is 0 Å². The number of nitrogens with zero attached hydrogens (tertiary/aromatic N) is 3. The lowest BCUT2D eigenvalue weighted by Crippen LogP contribution is -2.33. The molecule has 1 saturated carbocycles. The quantitative estimate of drug-likeness (QED) is 0.771. The van der Waals surface area contributed by atoms with E-state index in [0.29, 0.717) is 5.95 Å². The van der Waals surface area contributed by atoms with Crippen LogP contribution in [0.4, 0.5) is 11.8 Å². The number of hydrogen-bond donors (Lipinski definition) is 2. The van der Waals surface area contributed by atoms with Crippen LogP contribution in [-0.4, -0.2) is 47.6 Å². The van der Waals surface area contributed by atoms with Gasteiger partial charge in [-0.25, -0.2) is 4.98 Å². The van der Waals surface area contributed by atoms with Gasteiger partial charge in [0.25, 0.3) is 0 Å². The fourth-order valence-electron chi connectivity index (χ4n) is 2.82. The molecule has 0 atom stereocenters. The summed E-state index contributed by atoms with van der Waals surface area (Å²) in [4.78, 5) is 11.3. The third-order valence-electron chi connectivity index (χ3n) is 4.21. The number of nitrogens with one attached hydrogen (secondary N) is 2. The number of aryl methyl sites for hydroxylation is 1. The molecule has 118 valence electrons. The first-order chi connectivity index (χ1) is 10.2. The van der Waals surface area contributed by atoms with Gasteiger partial charge in [-0.2, -0.15) is 4.98 Å². The molecule has 0 aliphatic heterocycles. The van der Waals surface area contributed by atoms with Crippen molar-refractivity contribution in [1.29, 1.82) is 0 Å². The molecular formula is C16H29N5. The van der Waals surface area contributed by atoms with Crippen molar-refractivity contribution < 1.29 is 0 Å². The third kappa shape index (κ3) is 4.84. The van der Waals surface area contributed by atoms with Crippen molar-refractivity contribution in [3.63, 3.8) is 0 Å². The first-order valence-corrected chi connectivity index (χ1v) is 8.22. The maximum Gasteiger partial charge on any atom is 0.224 e. The zero-order valence-corrected chi connectivity index (χ0v) is 13.7. The maximum absolute atomic E-state index is 4.55. The summed E-state index contributed by atoms with van der Waals surface area (Å²) < 4.78 is 0. The minimum atomic E-state index is 0.717. The van der Waals surface area contributed by atoms with Gasteiger partial charge in [0.05, 0.1) is 0 Å². The minimum absolute atomic E-state index is 0.717. The lowest BCUT2D eigenvalue weighted by Gasteiger charge is -2.24. The molecule has 0 radical (unpaired) electrons. The average Bonchev–Trinajstić information content (AvgIpc) is 3.02. The lowest BCUT2D eigenvalue weighted by molar-refractivity contribution is 0.254. The number of rotatable bonds is 8. The van der Waals surface area contributed by atoms with E-state index in [1.165, 1.54) is 25.7 Å². The molecule has 0 unspecified atom stereocenters. The van der Waals surface area contributed by atoms with Gasteiger partial charge in [0, 0.05) is 37.4 Å². The van der Waals surface area contributed by atoms with E-state index < -0.39 is 0 Å². The van der Waals surface area contributed by atoms with E-state index in [1.54, 1.807) is 0 Å². The van der Waals surface area contributed by atoms with E-state index in [9.17, 15) is 0 Å². The fraction of sp³-hybridized carbons (Fsp3) is 0.750. The Labute approximate surface area is 128 Å². The second-order valence-electron chi connectivity index (χ2n) is 6.00. The van der Waals surface area contributed by atoms with Gasteiger partial charge in [-0.15, -0.1) is 0 Å². The topological polar surface area (TPSA) is 53.1 Å². The Hall–Kier alpha value is -1.36. The highest BCUT2D eigenvalue weighted by Crippen LogP contribution is 2.22. The van der Waals surface area contributed by atoms with Crippen LogP contribution in [0.3, 0.4) is 0 Å². The number of likely N-dealkylation sites (N-methyl/N-ethyl adjacent to an activating group) is 1. The van der Waals surface area contributed by atoms with Crippen LogP contribution in [-0.2, 0) is 0 Å². The van der Waals surface area contributed by atoms with Crippen LogP contribution in [0.5, 0.6) is 0 Å².